The van der Waals surface area contributed by atoms with E-state index in [1.54, 1.807) is 0 Å². The summed E-state index contributed by atoms with van der Waals surface area (Å²) in [6, 6.07) is 9.18. The summed E-state index contributed by atoms with van der Waals surface area (Å²) in [7, 11) is 0. The van der Waals surface area contributed by atoms with E-state index in [1.807, 2.05) is 25.1 Å². The number of nitrogens with two attached hydrogens (primary N) is 1. The molecule has 0 saturated carbocycles. The van der Waals surface area contributed by atoms with E-state index in [2.05, 4.69) is 22.3 Å². The molecule has 1 saturated heterocycles. The van der Waals surface area contributed by atoms with E-state index >= 15 is 0 Å². The summed E-state index contributed by atoms with van der Waals surface area (Å²) in [6.45, 7) is 5.34. The van der Waals surface area contributed by atoms with Crippen molar-refractivity contribution in [3.8, 4) is 0 Å². The van der Waals surface area contributed by atoms with Gasteiger partial charge in [-0.25, -0.2) is 4.79 Å². The van der Waals surface area contributed by atoms with Crippen LogP contribution in [0.1, 0.15) is 6.92 Å². The molecule has 4 N–H and O–H groups in total. The molecule has 1 fully saturated rings. The largest absolute Gasteiger partial charge is 0.360 e. The first kappa shape index (κ1) is 14.3. The van der Waals surface area contributed by atoms with Crippen molar-refractivity contribution in [2.45, 2.75) is 13.0 Å². The molecule has 1 aromatic carbocycles. The van der Waals surface area contributed by atoms with Crippen LogP contribution in [0.2, 0.25) is 0 Å². The van der Waals surface area contributed by atoms with E-state index in [1.165, 1.54) is 10.6 Å². The van der Waals surface area contributed by atoms with Crippen LogP contribution in [0.15, 0.2) is 30.3 Å². The number of hydrogen-bond acceptors (Lipinski definition) is 3. The van der Waals surface area contributed by atoms with E-state index in [0.29, 0.717) is 0 Å². The lowest BCUT2D eigenvalue weighted by molar-refractivity contribution is -0.914. The van der Waals surface area contributed by atoms with Gasteiger partial charge in [0.15, 0.2) is 6.04 Å². The van der Waals surface area contributed by atoms with Crippen molar-refractivity contribution in [2.75, 3.05) is 31.1 Å². The van der Waals surface area contributed by atoms with Crippen LogP contribution in [0.3, 0.4) is 0 Å². The maximum atomic E-state index is 11.8. The minimum Gasteiger partial charge on any atom is -0.360 e. The number of rotatable bonds is 3. The predicted octanol–water partition coefficient (Wildman–Crippen LogP) is -1.03. The second-order valence-electron chi connectivity index (χ2n) is 5.06. The van der Waals surface area contributed by atoms with E-state index in [-0.39, 0.29) is 11.9 Å². The van der Waals surface area contributed by atoms with Gasteiger partial charge >= 0.3 is 6.03 Å². The highest BCUT2D eigenvalue weighted by Gasteiger charge is 2.29. The van der Waals surface area contributed by atoms with Crippen molar-refractivity contribution in [3.05, 3.63) is 30.3 Å². The first-order valence-corrected chi connectivity index (χ1v) is 6.83. The molecule has 0 unspecified atom stereocenters. The summed E-state index contributed by atoms with van der Waals surface area (Å²) in [5, 5.41) is 2.15. The highest BCUT2D eigenvalue weighted by Crippen LogP contribution is 2.12. The Morgan fingerprint density at radius 2 is 1.85 bits per heavy atom. The molecule has 1 aliphatic heterocycles. The van der Waals surface area contributed by atoms with Gasteiger partial charge in [-0.05, 0) is 19.1 Å². The second-order valence-corrected chi connectivity index (χ2v) is 5.06. The Hall–Kier alpha value is -2.08. The highest BCUT2D eigenvalue weighted by atomic mass is 16.2. The third-order valence-corrected chi connectivity index (χ3v) is 3.78. The number of carbonyl (C=O) groups is 2. The third-order valence-electron chi connectivity index (χ3n) is 3.78. The molecule has 6 nitrogen and oxygen atoms in total. The van der Waals surface area contributed by atoms with Crippen LogP contribution in [0.4, 0.5) is 10.5 Å². The molecule has 1 aromatic rings. The molecular weight excluding hydrogens is 256 g/mol. The maximum Gasteiger partial charge on any atom is 0.319 e. The number of piperazine rings is 1. The molecule has 0 spiro atoms. The van der Waals surface area contributed by atoms with Crippen LogP contribution in [-0.4, -0.2) is 44.2 Å². The summed E-state index contributed by atoms with van der Waals surface area (Å²) in [5.41, 5.74) is 6.18. The van der Waals surface area contributed by atoms with Crippen LogP contribution < -0.4 is 20.9 Å². The monoisotopic (exact) mass is 277 g/mol. The van der Waals surface area contributed by atoms with E-state index < -0.39 is 6.03 Å². The summed E-state index contributed by atoms with van der Waals surface area (Å²) >= 11 is 0. The fraction of sp³-hybridized carbons (Fsp3) is 0.429. The number of para-hydroxylation sites is 1. The lowest BCUT2D eigenvalue weighted by atomic mass is 10.2. The molecular formula is C14H21N4O2+. The van der Waals surface area contributed by atoms with Crippen LogP contribution in [-0.2, 0) is 4.79 Å². The number of carbonyl (C=O) groups excluding carboxylic acids is 2. The second kappa shape index (κ2) is 6.38. The van der Waals surface area contributed by atoms with E-state index in [4.69, 9.17) is 5.73 Å². The van der Waals surface area contributed by atoms with E-state index in [0.717, 1.165) is 26.2 Å². The van der Waals surface area contributed by atoms with Gasteiger partial charge < -0.3 is 15.5 Å². The molecule has 1 aliphatic rings. The zero-order valence-corrected chi connectivity index (χ0v) is 11.6. The molecule has 1 heterocycles. The van der Waals surface area contributed by atoms with Crippen LogP contribution in [0.5, 0.6) is 0 Å². The van der Waals surface area contributed by atoms with Gasteiger partial charge in [-0.15, -0.1) is 0 Å². The van der Waals surface area contributed by atoms with Crippen molar-refractivity contribution in [1.82, 2.24) is 5.32 Å². The Morgan fingerprint density at radius 1 is 1.25 bits per heavy atom. The first-order chi connectivity index (χ1) is 9.58. The molecule has 20 heavy (non-hydrogen) atoms. The maximum absolute atomic E-state index is 11.8. The van der Waals surface area contributed by atoms with Crippen molar-refractivity contribution < 1.29 is 14.5 Å². The van der Waals surface area contributed by atoms with Crippen LogP contribution >= 0.6 is 0 Å². The first-order valence-electron chi connectivity index (χ1n) is 6.83. The predicted molar refractivity (Wildman–Crippen MR) is 76.5 cm³/mol. The number of amides is 3. The molecule has 108 valence electrons. The van der Waals surface area contributed by atoms with Gasteiger partial charge in [0, 0.05) is 5.69 Å². The summed E-state index contributed by atoms with van der Waals surface area (Å²) < 4.78 is 0. The summed E-state index contributed by atoms with van der Waals surface area (Å²) in [6.07, 6.45) is 0. The number of benzene rings is 1. The van der Waals surface area contributed by atoms with Gasteiger partial charge in [-0.3, -0.25) is 10.1 Å². The zero-order chi connectivity index (χ0) is 14.5. The minimum absolute atomic E-state index is 0.263. The molecule has 1 atom stereocenters. The number of primary amides is 1. The number of nitrogens with zero attached hydrogens (tertiary/aromatic N) is 1. The minimum atomic E-state index is -0.788. The zero-order valence-electron chi connectivity index (χ0n) is 11.6. The van der Waals surface area contributed by atoms with Gasteiger partial charge in [-0.2, -0.15) is 0 Å². The quantitative estimate of drug-likeness (QED) is 0.661. The Bertz CT molecular complexity index is 469. The SMILES string of the molecule is C[C@@H](C(=O)NC(N)=O)[NH+]1CCN(c2ccccc2)CC1. The highest BCUT2D eigenvalue weighted by molar-refractivity contribution is 5.95. The lowest BCUT2D eigenvalue weighted by Crippen LogP contribution is -3.19. The summed E-state index contributed by atoms with van der Waals surface area (Å²) in [5.74, 6) is -0.305. The molecule has 0 aliphatic carbocycles. The van der Waals surface area contributed by atoms with Gasteiger partial charge in [0.2, 0.25) is 0 Å². The molecule has 3 amide bonds. The molecule has 2 rings (SSSR count). The fourth-order valence-corrected chi connectivity index (χ4v) is 2.54. The number of hydrogen-bond donors (Lipinski definition) is 3. The van der Waals surface area contributed by atoms with E-state index in [9.17, 15) is 9.59 Å². The van der Waals surface area contributed by atoms with Crippen LogP contribution in [0.25, 0.3) is 0 Å². The third kappa shape index (κ3) is 3.48. The normalized spacial score (nSPS) is 17.6. The van der Waals surface area contributed by atoms with Gasteiger partial charge in [-0.1, -0.05) is 18.2 Å². The van der Waals surface area contributed by atoms with Gasteiger partial charge in [0.25, 0.3) is 5.91 Å². The van der Waals surface area contributed by atoms with Crippen molar-refractivity contribution in [1.29, 1.82) is 0 Å². The number of nitrogens with one attached hydrogen (secondary N) is 2. The lowest BCUT2D eigenvalue weighted by Gasteiger charge is -2.35. The fourth-order valence-electron chi connectivity index (χ4n) is 2.54. The van der Waals surface area contributed by atoms with Crippen molar-refractivity contribution in [3.63, 3.8) is 0 Å². The molecule has 0 aromatic heterocycles. The Morgan fingerprint density at radius 3 is 2.40 bits per heavy atom. The molecule has 0 bridgehead atoms. The number of quaternary nitrogens is 1. The van der Waals surface area contributed by atoms with Gasteiger partial charge in [0.1, 0.15) is 0 Å². The number of urea groups is 1. The van der Waals surface area contributed by atoms with Crippen molar-refractivity contribution >= 4 is 17.6 Å². The molecule has 0 radical (unpaired) electrons. The Kier molecular flexibility index (Phi) is 4.57. The number of imide groups is 1. The van der Waals surface area contributed by atoms with Gasteiger partial charge in [0.05, 0.1) is 26.2 Å². The topological polar surface area (TPSA) is 79.9 Å². The average molecular weight is 277 g/mol. The smallest absolute Gasteiger partial charge is 0.319 e. The molecule has 6 heteroatoms. The Balaban J connectivity index is 1.88. The standard InChI is InChI=1S/C14H20N4O2/c1-11(13(19)16-14(15)20)17-7-9-18(10-8-17)12-5-3-2-4-6-12/h2-6,11H,7-10H2,1H3,(H3,15,16,19,20)/p+1/t11-/m0/s1. The average Bonchev–Trinajstić information content (AvgIpc) is 2.47. The van der Waals surface area contributed by atoms with Crippen LogP contribution in [0, 0.1) is 0 Å². The van der Waals surface area contributed by atoms with Crippen molar-refractivity contribution in [2.24, 2.45) is 5.73 Å². The number of anilines is 1. The Labute approximate surface area is 118 Å². The summed E-state index contributed by atoms with van der Waals surface area (Å²) in [4.78, 5) is 25.9.